The SMILES string of the molecule is CO[C@H]1[C@H](O)[C@@H](CO)O[C@H](O)[C@H]1O[C@@H]1O[C@H](COC(C)=O)[C@@H](OC(C)=O)[C@H](OC(C)=O)[C@H]1NC(C)=O. The summed E-state index contributed by atoms with van der Waals surface area (Å²) in [6.07, 6.45) is -12.5. The molecule has 1 amide bonds. The number of rotatable bonds is 9. The first-order valence-corrected chi connectivity index (χ1v) is 11.1. The van der Waals surface area contributed by atoms with Crippen molar-refractivity contribution in [1.29, 1.82) is 0 Å². The Bertz CT molecular complexity index is 793. The van der Waals surface area contributed by atoms with Crippen LogP contribution in [0.1, 0.15) is 27.7 Å². The van der Waals surface area contributed by atoms with Crippen molar-refractivity contribution in [3.05, 3.63) is 0 Å². The Kier molecular flexibility index (Phi) is 11.0. The van der Waals surface area contributed by atoms with Gasteiger partial charge in [-0.15, -0.1) is 0 Å². The van der Waals surface area contributed by atoms with Crippen LogP contribution < -0.4 is 5.32 Å². The van der Waals surface area contributed by atoms with Crippen LogP contribution in [0.3, 0.4) is 0 Å². The van der Waals surface area contributed by atoms with Crippen LogP contribution in [0.15, 0.2) is 0 Å². The highest BCUT2D eigenvalue weighted by Gasteiger charge is 2.54. The van der Waals surface area contributed by atoms with E-state index in [9.17, 15) is 34.5 Å². The van der Waals surface area contributed by atoms with E-state index in [4.69, 9.17) is 33.2 Å². The van der Waals surface area contributed by atoms with E-state index in [0.29, 0.717) is 0 Å². The molecule has 36 heavy (non-hydrogen) atoms. The Morgan fingerprint density at radius 3 is 1.94 bits per heavy atom. The molecular formula is C21H33NO14. The Balaban J connectivity index is 2.47. The third-order valence-electron chi connectivity index (χ3n) is 5.45. The molecule has 2 aliphatic rings. The van der Waals surface area contributed by atoms with Crippen LogP contribution >= 0.6 is 0 Å². The second-order valence-corrected chi connectivity index (χ2v) is 8.26. The zero-order valence-corrected chi connectivity index (χ0v) is 20.5. The van der Waals surface area contributed by atoms with Gasteiger partial charge in [0.25, 0.3) is 0 Å². The van der Waals surface area contributed by atoms with Gasteiger partial charge in [0.15, 0.2) is 24.8 Å². The molecule has 0 saturated carbocycles. The third kappa shape index (κ3) is 7.55. The summed E-state index contributed by atoms with van der Waals surface area (Å²) in [6.45, 7) is 3.42. The summed E-state index contributed by atoms with van der Waals surface area (Å²) < 4.78 is 37.9. The van der Waals surface area contributed by atoms with Crippen molar-refractivity contribution in [1.82, 2.24) is 5.32 Å². The van der Waals surface area contributed by atoms with E-state index in [1.807, 2.05) is 0 Å². The molecule has 0 spiro atoms. The van der Waals surface area contributed by atoms with Gasteiger partial charge in [0.05, 0.1) is 6.61 Å². The molecule has 15 heteroatoms. The number of carbonyl (C=O) groups is 4. The molecular weight excluding hydrogens is 490 g/mol. The summed E-state index contributed by atoms with van der Waals surface area (Å²) in [6, 6.07) is -1.30. The van der Waals surface area contributed by atoms with Gasteiger partial charge < -0.3 is 53.8 Å². The van der Waals surface area contributed by atoms with Crippen molar-refractivity contribution >= 4 is 23.8 Å². The first kappa shape index (κ1) is 29.8. The van der Waals surface area contributed by atoms with Crippen LogP contribution in [0, 0.1) is 0 Å². The van der Waals surface area contributed by atoms with Crippen molar-refractivity contribution in [3.63, 3.8) is 0 Å². The van der Waals surface area contributed by atoms with Crippen LogP contribution in [-0.4, -0.2) is 121 Å². The fraction of sp³-hybridized carbons (Fsp3) is 0.810. The van der Waals surface area contributed by atoms with Crippen LogP contribution in [0.5, 0.6) is 0 Å². The molecule has 0 bridgehead atoms. The average molecular weight is 523 g/mol. The highest BCUT2D eigenvalue weighted by Crippen LogP contribution is 2.32. The van der Waals surface area contributed by atoms with Gasteiger partial charge in [0, 0.05) is 34.8 Å². The summed E-state index contributed by atoms with van der Waals surface area (Å²) in [4.78, 5) is 47.2. The maximum absolute atomic E-state index is 12.0. The number of ether oxygens (including phenoxy) is 7. The van der Waals surface area contributed by atoms with Crippen LogP contribution in [0.25, 0.3) is 0 Å². The molecule has 2 heterocycles. The molecule has 2 saturated heterocycles. The molecule has 4 N–H and O–H groups in total. The fourth-order valence-electron chi connectivity index (χ4n) is 4.04. The molecule has 2 fully saturated rings. The monoisotopic (exact) mass is 523 g/mol. The molecule has 0 aromatic heterocycles. The van der Waals surface area contributed by atoms with Crippen LogP contribution in [0.2, 0.25) is 0 Å². The molecule has 15 nitrogen and oxygen atoms in total. The first-order valence-electron chi connectivity index (χ1n) is 11.1. The van der Waals surface area contributed by atoms with Crippen LogP contribution in [-0.2, 0) is 52.3 Å². The lowest BCUT2D eigenvalue weighted by atomic mass is 9.95. The average Bonchev–Trinajstić information content (AvgIpc) is 2.77. The second kappa shape index (κ2) is 13.2. The maximum atomic E-state index is 12.0. The van der Waals surface area contributed by atoms with Crippen molar-refractivity contribution in [2.45, 2.75) is 89.0 Å². The predicted molar refractivity (Wildman–Crippen MR) is 114 cm³/mol. The van der Waals surface area contributed by atoms with E-state index in [-0.39, 0.29) is 0 Å². The highest BCUT2D eigenvalue weighted by atomic mass is 16.7. The second-order valence-electron chi connectivity index (χ2n) is 8.26. The van der Waals surface area contributed by atoms with Gasteiger partial charge in [-0.3, -0.25) is 19.2 Å². The maximum Gasteiger partial charge on any atom is 0.303 e. The molecule has 0 aromatic carbocycles. The number of nitrogens with one attached hydrogen (secondary N) is 1. The Hall–Kier alpha value is -2.40. The van der Waals surface area contributed by atoms with Crippen molar-refractivity contribution < 1.29 is 67.7 Å². The topological polar surface area (TPSA) is 206 Å². The lowest BCUT2D eigenvalue weighted by Gasteiger charge is -2.48. The van der Waals surface area contributed by atoms with Gasteiger partial charge >= 0.3 is 17.9 Å². The van der Waals surface area contributed by atoms with E-state index in [2.05, 4.69) is 5.32 Å². The zero-order chi connectivity index (χ0) is 27.2. The van der Waals surface area contributed by atoms with E-state index in [1.165, 1.54) is 14.0 Å². The molecule has 206 valence electrons. The summed E-state index contributed by atoms with van der Waals surface area (Å²) >= 11 is 0. The lowest BCUT2D eigenvalue weighted by molar-refractivity contribution is -0.350. The number of methoxy groups -OCH3 is 1. The molecule has 0 aromatic rings. The van der Waals surface area contributed by atoms with E-state index in [1.54, 1.807) is 0 Å². The van der Waals surface area contributed by atoms with Gasteiger partial charge in [0.2, 0.25) is 5.91 Å². The van der Waals surface area contributed by atoms with E-state index < -0.39 is 98.4 Å². The minimum Gasteiger partial charge on any atom is -0.463 e. The summed E-state index contributed by atoms with van der Waals surface area (Å²) in [7, 11) is 1.23. The number of aliphatic hydroxyl groups excluding tert-OH is 3. The minimum atomic E-state index is -1.72. The van der Waals surface area contributed by atoms with Gasteiger partial charge in [-0.25, -0.2) is 0 Å². The summed E-state index contributed by atoms with van der Waals surface area (Å²) in [5.41, 5.74) is 0. The minimum absolute atomic E-state index is 0.454. The number of carbonyl (C=O) groups excluding carboxylic acids is 4. The Labute approximate surface area is 206 Å². The largest absolute Gasteiger partial charge is 0.463 e. The zero-order valence-electron chi connectivity index (χ0n) is 20.5. The van der Waals surface area contributed by atoms with Gasteiger partial charge in [-0.05, 0) is 0 Å². The standard InChI is InChI=1S/C21H33NO14/c1-8(24)22-14-17(33-11(4)27)16(32-10(3)26)13(7-31-9(2)25)35-21(14)36-19-18(30-5)15(28)12(6-23)34-20(19)29/h12-21,23,28-29H,6-7H2,1-5H3,(H,22,24)/t12-,13-,14-,15-,16-,17-,18+,19+,20+,21+/m1/s1. The molecule has 0 unspecified atom stereocenters. The van der Waals surface area contributed by atoms with Gasteiger partial charge in [-0.2, -0.15) is 0 Å². The van der Waals surface area contributed by atoms with E-state index >= 15 is 0 Å². The van der Waals surface area contributed by atoms with Crippen LogP contribution in [0.4, 0.5) is 0 Å². The molecule has 2 aliphatic heterocycles. The summed E-state index contributed by atoms with van der Waals surface area (Å²) in [5.74, 6) is -2.85. The lowest BCUT2D eigenvalue weighted by Crippen LogP contribution is -2.69. The number of amides is 1. The number of hydrogen-bond donors (Lipinski definition) is 4. The quantitative estimate of drug-likeness (QED) is 0.177. The Morgan fingerprint density at radius 1 is 0.833 bits per heavy atom. The predicted octanol–water partition coefficient (Wildman–Crippen LogP) is -2.89. The molecule has 2 rings (SSSR count). The van der Waals surface area contributed by atoms with Crippen molar-refractivity contribution in [2.75, 3.05) is 20.3 Å². The van der Waals surface area contributed by atoms with E-state index in [0.717, 1.165) is 20.8 Å². The molecule has 0 aliphatic carbocycles. The fourth-order valence-corrected chi connectivity index (χ4v) is 4.04. The Morgan fingerprint density at radius 2 is 1.44 bits per heavy atom. The molecule has 10 atom stereocenters. The summed E-state index contributed by atoms with van der Waals surface area (Å²) in [5, 5.41) is 32.9. The highest BCUT2D eigenvalue weighted by molar-refractivity contribution is 5.73. The van der Waals surface area contributed by atoms with Gasteiger partial charge in [0.1, 0.15) is 43.2 Å². The number of hydrogen-bond acceptors (Lipinski definition) is 14. The smallest absolute Gasteiger partial charge is 0.303 e. The third-order valence-corrected chi connectivity index (χ3v) is 5.45. The van der Waals surface area contributed by atoms with Crippen molar-refractivity contribution in [3.8, 4) is 0 Å². The number of aliphatic hydroxyl groups is 3. The molecule has 0 radical (unpaired) electrons. The normalized spacial score (nSPS) is 36.4. The number of esters is 3. The van der Waals surface area contributed by atoms with Gasteiger partial charge in [-0.1, -0.05) is 0 Å². The first-order chi connectivity index (χ1) is 16.9. The van der Waals surface area contributed by atoms with Crippen molar-refractivity contribution in [2.24, 2.45) is 0 Å².